The third kappa shape index (κ3) is 3.49. The van der Waals surface area contributed by atoms with Crippen LogP contribution in [0.15, 0.2) is 29.2 Å². The van der Waals surface area contributed by atoms with Gasteiger partial charge in [0.15, 0.2) is 9.84 Å². The standard InChI is InChI=1S/C14H19NO3S2/c1-11(2)10-14(16)15-6-5-13(12-4-3-8-19-12)20(17,18)9-7-15/h3-4,8,10,13H,5-7,9H2,1-2H3. The minimum atomic E-state index is -3.18. The summed E-state index contributed by atoms with van der Waals surface area (Å²) in [6.07, 6.45) is 2.04. The topological polar surface area (TPSA) is 54.5 Å². The number of nitrogens with zero attached hydrogens (tertiary/aromatic N) is 1. The average Bonchev–Trinajstić information content (AvgIpc) is 2.80. The fourth-order valence-corrected chi connectivity index (χ4v) is 5.30. The molecule has 1 aromatic heterocycles. The number of hydrogen-bond donors (Lipinski definition) is 0. The van der Waals surface area contributed by atoms with E-state index in [4.69, 9.17) is 0 Å². The van der Waals surface area contributed by atoms with Crippen molar-refractivity contribution in [2.45, 2.75) is 25.5 Å². The van der Waals surface area contributed by atoms with Gasteiger partial charge in [0, 0.05) is 24.0 Å². The van der Waals surface area contributed by atoms with Crippen molar-refractivity contribution < 1.29 is 13.2 Å². The zero-order chi connectivity index (χ0) is 14.8. The largest absolute Gasteiger partial charge is 0.338 e. The van der Waals surface area contributed by atoms with Gasteiger partial charge in [-0.2, -0.15) is 0 Å². The summed E-state index contributed by atoms with van der Waals surface area (Å²) < 4.78 is 24.7. The van der Waals surface area contributed by atoms with E-state index in [1.165, 1.54) is 11.3 Å². The highest BCUT2D eigenvalue weighted by molar-refractivity contribution is 7.91. The lowest BCUT2D eigenvalue weighted by Gasteiger charge is -2.18. The van der Waals surface area contributed by atoms with E-state index in [1.54, 1.807) is 11.0 Å². The zero-order valence-electron chi connectivity index (χ0n) is 11.7. The Morgan fingerprint density at radius 2 is 2.15 bits per heavy atom. The van der Waals surface area contributed by atoms with Crippen LogP contribution in [0.5, 0.6) is 0 Å². The molecule has 0 aliphatic carbocycles. The highest BCUT2D eigenvalue weighted by Gasteiger charge is 2.32. The molecule has 6 heteroatoms. The van der Waals surface area contributed by atoms with Gasteiger partial charge in [-0.1, -0.05) is 11.6 Å². The minimum Gasteiger partial charge on any atom is -0.338 e. The Bertz CT molecular complexity index is 598. The summed E-state index contributed by atoms with van der Waals surface area (Å²) in [5.41, 5.74) is 0.928. The van der Waals surface area contributed by atoms with Crippen molar-refractivity contribution in [3.63, 3.8) is 0 Å². The van der Waals surface area contributed by atoms with Crippen LogP contribution in [-0.4, -0.2) is 38.1 Å². The fraction of sp³-hybridized carbons (Fsp3) is 0.500. The molecule has 1 fully saturated rings. The third-order valence-electron chi connectivity index (χ3n) is 3.32. The van der Waals surface area contributed by atoms with Crippen LogP contribution in [0.2, 0.25) is 0 Å². The monoisotopic (exact) mass is 313 g/mol. The van der Waals surface area contributed by atoms with E-state index in [0.717, 1.165) is 10.5 Å². The fourth-order valence-electron chi connectivity index (χ4n) is 2.30. The molecular formula is C14H19NO3S2. The first-order valence-corrected chi connectivity index (χ1v) is 9.18. The highest BCUT2D eigenvalue weighted by atomic mass is 32.2. The molecule has 2 heterocycles. The van der Waals surface area contributed by atoms with Crippen LogP contribution in [0.3, 0.4) is 0 Å². The maximum atomic E-state index is 12.3. The number of hydrogen-bond acceptors (Lipinski definition) is 4. The Labute approximate surface area is 124 Å². The Hall–Kier alpha value is -1.14. The van der Waals surface area contributed by atoms with Gasteiger partial charge in [-0.25, -0.2) is 8.42 Å². The van der Waals surface area contributed by atoms with Gasteiger partial charge < -0.3 is 4.90 Å². The second kappa shape index (κ2) is 6.10. The van der Waals surface area contributed by atoms with Crippen LogP contribution in [-0.2, 0) is 14.6 Å². The lowest BCUT2D eigenvalue weighted by molar-refractivity contribution is -0.125. The quantitative estimate of drug-likeness (QED) is 0.788. The summed E-state index contributed by atoms with van der Waals surface area (Å²) in [7, 11) is -3.18. The molecule has 0 N–H and O–H groups in total. The molecule has 1 unspecified atom stereocenters. The first-order valence-electron chi connectivity index (χ1n) is 6.59. The van der Waals surface area contributed by atoms with Crippen molar-refractivity contribution in [2.24, 2.45) is 0 Å². The number of carbonyl (C=O) groups is 1. The number of sulfone groups is 1. The second-order valence-corrected chi connectivity index (χ2v) is 8.49. The van der Waals surface area contributed by atoms with Gasteiger partial charge in [0.2, 0.25) is 5.91 Å². The Morgan fingerprint density at radius 3 is 2.75 bits per heavy atom. The smallest absolute Gasteiger partial charge is 0.246 e. The van der Waals surface area contributed by atoms with E-state index >= 15 is 0 Å². The molecule has 4 nitrogen and oxygen atoms in total. The number of rotatable bonds is 2. The molecule has 0 saturated carbocycles. The van der Waals surface area contributed by atoms with Crippen molar-refractivity contribution in [3.8, 4) is 0 Å². The Morgan fingerprint density at radius 1 is 1.40 bits per heavy atom. The van der Waals surface area contributed by atoms with Crippen molar-refractivity contribution in [1.29, 1.82) is 0 Å². The summed E-state index contributed by atoms with van der Waals surface area (Å²) in [6, 6.07) is 3.73. The van der Waals surface area contributed by atoms with Crippen molar-refractivity contribution in [2.75, 3.05) is 18.8 Å². The van der Waals surface area contributed by atoms with Crippen molar-refractivity contribution >= 4 is 27.1 Å². The van der Waals surface area contributed by atoms with Crippen molar-refractivity contribution in [1.82, 2.24) is 4.90 Å². The Kier molecular flexibility index (Phi) is 4.65. The SMILES string of the molecule is CC(C)=CC(=O)N1CCC(c2cccs2)S(=O)(=O)CC1. The van der Waals surface area contributed by atoms with Gasteiger partial charge in [-0.3, -0.25) is 4.79 Å². The first-order chi connectivity index (χ1) is 9.40. The molecule has 0 bridgehead atoms. The van der Waals surface area contributed by atoms with Crippen LogP contribution >= 0.6 is 11.3 Å². The van der Waals surface area contributed by atoms with Gasteiger partial charge in [0.1, 0.15) is 0 Å². The van der Waals surface area contributed by atoms with Crippen LogP contribution in [0.25, 0.3) is 0 Å². The summed E-state index contributed by atoms with van der Waals surface area (Å²) >= 11 is 1.47. The van der Waals surface area contributed by atoms with E-state index in [0.29, 0.717) is 13.0 Å². The minimum absolute atomic E-state index is 0.0396. The number of allylic oxidation sites excluding steroid dienone is 1. The predicted molar refractivity (Wildman–Crippen MR) is 81.5 cm³/mol. The number of carbonyl (C=O) groups excluding carboxylic acids is 1. The van der Waals surface area contributed by atoms with E-state index < -0.39 is 15.1 Å². The molecule has 1 saturated heterocycles. The number of amides is 1. The molecule has 0 radical (unpaired) electrons. The molecule has 0 spiro atoms. The molecule has 1 aromatic rings. The van der Waals surface area contributed by atoms with Gasteiger partial charge in [0.25, 0.3) is 0 Å². The van der Waals surface area contributed by atoms with E-state index in [1.807, 2.05) is 31.4 Å². The number of thiophene rings is 1. The lowest BCUT2D eigenvalue weighted by atomic mass is 10.2. The van der Waals surface area contributed by atoms with Gasteiger partial charge in [-0.15, -0.1) is 11.3 Å². The van der Waals surface area contributed by atoms with Crippen LogP contribution in [0.1, 0.15) is 30.4 Å². The average molecular weight is 313 g/mol. The molecular weight excluding hydrogens is 294 g/mol. The van der Waals surface area contributed by atoms with Crippen molar-refractivity contribution in [3.05, 3.63) is 34.0 Å². The zero-order valence-corrected chi connectivity index (χ0v) is 13.3. The van der Waals surface area contributed by atoms with Crippen LogP contribution in [0, 0.1) is 0 Å². The molecule has 0 aromatic carbocycles. The lowest BCUT2D eigenvalue weighted by Crippen LogP contribution is -2.32. The second-order valence-electron chi connectivity index (χ2n) is 5.21. The molecule has 20 heavy (non-hydrogen) atoms. The summed E-state index contributed by atoms with van der Waals surface area (Å²) in [4.78, 5) is 14.5. The molecule has 1 amide bonds. The van der Waals surface area contributed by atoms with E-state index in [2.05, 4.69) is 0 Å². The van der Waals surface area contributed by atoms with E-state index in [-0.39, 0.29) is 18.2 Å². The normalized spacial score (nSPS) is 22.1. The molecule has 110 valence electrons. The van der Waals surface area contributed by atoms with Gasteiger partial charge >= 0.3 is 0 Å². The molecule has 1 atom stereocenters. The van der Waals surface area contributed by atoms with Gasteiger partial charge in [0.05, 0.1) is 11.0 Å². The maximum Gasteiger partial charge on any atom is 0.246 e. The summed E-state index contributed by atoms with van der Waals surface area (Å²) in [6.45, 7) is 4.50. The van der Waals surface area contributed by atoms with Crippen LogP contribution < -0.4 is 0 Å². The molecule has 1 aliphatic heterocycles. The summed E-state index contributed by atoms with van der Waals surface area (Å²) in [5, 5.41) is 1.42. The van der Waals surface area contributed by atoms with Crippen LogP contribution in [0.4, 0.5) is 0 Å². The van der Waals surface area contributed by atoms with E-state index in [9.17, 15) is 13.2 Å². The first kappa shape index (κ1) is 15.3. The predicted octanol–water partition coefficient (Wildman–Crippen LogP) is 2.40. The molecule has 1 aliphatic rings. The summed E-state index contributed by atoms with van der Waals surface area (Å²) in [5.74, 6) is -0.0511. The Balaban J connectivity index is 2.18. The third-order valence-corrected chi connectivity index (χ3v) is 6.57. The highest BCUT2D eigenvalue weighted by Crippen LogP contribution is 2.32. The van der Waals surface area contributed by atoms with Gasteiger partial charge in [-0.05, 0) is 31.7 Å². The maximum absolute atomic E-state index is 12.3. The molecule has 2 rings (SSSR count).